The summed E-state index contributed by atoms with van der Waals surface area (Å²) in [5, 5.41) is 16.6. The van der Waals surface area contributed by atoms with Crippen molar-refractivity contribution in [3.8, 4) is 0 Å². The van der Waals surface area contributed by atoms with E-state index in [1.54, 1.807) is 11.8 Å². The van der Waals surface area contributed by atoms with Gasteiger partial charge in [0.1, 0.15) is 0 Å². The fourth-order valence-electron chi connectivity index (χ4n) is 2.99. The number of urea groups is 1. The summed E-state index contributed by atoms with van der Waals surface area (Å²) in [7, 11) is 0. The van der Waals surface area contributed by atoms with E-state index in [0.717, 1.165) is 39.8 Å². The van der Waals surface area contributed by atoms with Crippen LogP contribution in [-0.2, 0) is 0 Å². The molecule has 0 radical (unpaired) electrons. The van der Waals surface area contributed by atoms with Crippen LogP contribution < -0.4 is 16.0 Å². The summed E-state index contributed by atoms with van der Waals surface area (Å²) in [5.41, 5.74) is 2.81. The second-order valence-electron chi connectivity index (χ2n) is 6.32. The number of anilines is 1. The molecule has 1 saturated heterocycles. The Kier molecular flexibility index (Phi) is 5.99. The fourth-order valence-corrected chi connectivity index (χ4v) is 3.98. The minimum absolute atomic E-state index is 0.160. The molecule has 1 aromatic carbocycles. The summed E-state index contributed by atoms with van der Waals surface area (Å²) in [6.45, 7) is 5.75. The lowest BCUT2D eigenvalue weighted by atomic mass is 10.1. The van der Waals surface area contributed by atoms with Crippen molar-refractivity contribution in [3.05, 3.63) is 35.7 Å². The predicted octanol–water partition coefficient (Wildman–Crippen LogP) is 3.44. The lowest BCUT2D eigenvalue weighted by molar-refractivity contribution is 0.251. The summed E-state index contributed by atoms with van der Waals surface area (Å²) in [6, 6.07) is 8.21. The zero-order valence-electron chi connectivity index (χ0n) is 14.7. The maximum absolute atomic E-state index is 12.2. The van der Waals surface area contributed by atoms with Crippen molar-refractivity contribution < 1.29 is 4.79 Å². The van der Waals surface area contributed by atoms with Gasteiger partial charge in [-0.25, -0.2) is 4.79 Å². The molecule has 0 spiro atoms. The summed E-state index contributed by atoms with van der Waals surface area (Å²) >= 11 is 1.61. The molecule has 4 N–H and O–H groups in total. The highest BCUT2D eigenvalue weighted by Gasteiger charge is 2.15. The van der Waals surface area contributed by atoms with Crippen LogP contribution in [0.15, 0.2) is 34.1 Å². The van der Waals surface area contributed by atoms with Crippen molar-refractivity contribution in [2.75, 3.05) is 18.4 Å². The van der Waals surface area contributed by atoms with Crippen molar-refractivity contribution in [1.82, 2.24) is 20.8 Å². The number of hydrogen-bond donors (Lipinski definition) is 4. The SMILES string of the molecule is Cc1n[nH]c(C)c1Sc1ccccc1NC(=O)NCC[C@@H]1CCCN1. The number of aromatic amines is 1. The van der Waals surface area contributed by atoms with Crippen molar-refractivity contribution in [2.24, 2.45) is 0 Å². The largest absolute Gasteiger partial charge is 0.338 e. The molecule has 2 heterocycles. The van der Waals surface area contributed by atoms with E-state index in [-0.39, 0.29) is 6.03 Å². The minimum atomic E-state index is -0.160. The van der Waals surface area contributed by atoms with Gasteiger partial charge in [0.05, 0.1) is 16.3 Å². The van der Waals surface area contributed by atoms with E-state index in [9.17, 15) is 4.79 Å². The number of para-hydroxylation sites is 1. The first-order valence-electron chi connectivity index (χ1n) is 8.70. The first-order valence-corrected chi connectivity index (χ1v) is 9.52. The van der Waals surface area contributed by atoms with Gasteiger partial charge in [-0.2, -0.15) is 5.10 Å². The Morgan fingerprint density at radius 1 is 1.36 bits per heavy atom. The van der Waals surface area contributed by atoms with E-state index in [1.807, 2.05) is 38.1 Å². The van der Waals surface area contributed by atoms with Gasteiger partial charge in [-0.05, 0) is 51.8 Å². The first-order chi connectivity index (χ1) is 12.1. The van der Waals surface area contributed by atoms with Gasteiger partial charge >= 0.3 is 6.03 Å². The van der Waals surface area contributed by atoms with Crippen molar-refractivity contribution in [1.29, 1.82) is 0 Å². The Morgan fingerprint density at radius 3 is 2.92 bits per heavy atom. The highest BCUT2D eigenvalue weighted by atomic mass is 32.2. The summed E-state index contributed by atoms with van der Waals surface area (Å²) in [4.78, 5) is 14.3. The fraction of sp³-hybridized carbons (Fsp3) is 0.444. The van der Waals surface area contributed by atoms with Gasteiger partial charge in [0.2, 0.25) is 0 Å². The molecule has 0 saturated carbocycles. The quantitative estimate of drug-likeness (QED) is 0.637. The third-order valence-corrected chi connectivity index (χ3v) is 5.73. The van der Waals surface area contributed by atoms with Gasteiger partial charge in [-0.1, -0.05) is 23.9 Å². The van der Waals surface area contributed by atoms with Gasteiger partial charge < -0.3 is 16.0 Å². The maximum Gasteiger partial charge on any atom is 0.319 e. The number of H-pyrrole nitrogens is 1. The van der Waals surface area contributed by atoms with E-state index in [0.29, 0.717) is 12.6 Å². The highest BCUT2D eigenvalue weighted by Crippen LogP contribution is 2.36. The van der Waals surface area contributed by atoms with Gasteiger partial charge in [-0.3, -0.25) is 5.10 Å². The van der Waals surface area contributed by atoms with E-state index >= 15 is 0 Å². The summed E-state index contributed by atoms with van der Waals surface area (Å²) in [6.07, 6.45) is 3.40. The van der Waals surface area contributed by atoms with Crippen LogP contribution in [0, 0.1) is 13.8 Å². The molecule has 2 aromatic rings. The van der Waals surface area contributed by atoms with E-state index in [4.69, 9.17) is 0 Å². The number of nitrogens with one attached hydrogen (secondary N) is 4. The van der Waals surface area contributed by atoms with Crippen LogP contribution in [-0.4, -0.2) is 35.4 Å². The standard InChI is InChI=1S/C18H25N5OS/c1-12-17(13(2)23-22-12)25-16-8-4-3-7-15(16)21-18(24)20-11-9-14-6-5-10-19-14/h3-4,7-8,14,19H,5-6,9-11H2,1-2H3,(H,22,23)(H2,20,21,24)/t14-/m0/s1. The number of nitrogens with zero attached hydrogens (tertiary/aromatic N) is 1. The molecular weight excluding hydrogens is 334 g/mol. The van der Waals surface area contributed by atoms with Crippen LogP contribution in [0.2, 0.25) is 0 Å². The lowest BCUT2D eigenvalue weighted by Crippen LogP contribution is -2.33. The minimum Gasteiger partial charge on any atom is -0.338 e. The Hall–Kier alpha value is -1.99. The normalized spacial score (nSPS) is 16.8. The Labute approximate surface area is 152 Å². The third kappa shape index (κ3) is 4.76. The molecule has 0 aliphatic carbocycles. The number of hydrogen-bond acceptors (Lipinski definition) is 4. The van der Waals surface area contributed by atoms with E-state index < -0.39 is 0 Å². The average molecular weight is 359 g/mol. The molecule has 1 aliphatic rings. The van der Waals surface area contributed by atoms with Gasteiger partial charge in [-0.15, -0.1) is 0 Å². The molecule has 0 unspecified atom stereocenters. The second-order valence-corrected chi connectivity index (χ2v) is 7.38. The molecule has 7 heteroatoms. The van der Waals surface area contributed by atoms with Crippen LogP contribution >= 0.6 is 11.8 Å². The number of carbonyl (C=O) groups is 1. The van der Waals surface area contributed by atoms with Crippen molar-refractivity contribution in [2.45, 2.75) is 48.9 Å². The molecule has 0 bridgehead atoms. The van der Waals surface area contributed by atoms with Crippen LogP contribution in [0.4, 0.5) is 10.5 Å². The molecule has 134 valence electrons. The Morgan fingerprint density at radius 2 is 2.20 bits per heavy atom. The predicted molar refractivity (Wildman–Crippen MR) is 101 cm³/mol. The molecular formula is C18H25N5OS. The molecule has 2 amide bonds. The number of carbonyl (C=O) groups excluding carboxylic acids is 1. The van der Waals surface area contributed by atoms with Crippen molar-refractivity contribution in [3.63, 3.8) is 0 Å². The molecule has 1 fully saturated rings. The van der Waals surface area contributed by atoms with Crippen LogP contribution in [0.25, 0.3) is 0 Å². The third-order valence-electron chi connectivity index (χ3n) is 4.35. The highest BCUT2D eigenvalue weighted by molar-refractivity contribution is 7.99. The first kappa shape index (κ1) is 17.8. The van der Waals surface area contributed by atoms with E-state index in [1.165, 1.54) is 12.8 Å². The number of aryl methyl sites for hydroxylation is 2. The van der Waals surface area contributed by atoms with Crippen molar-refractivity contribution >= 4 is 23.5 Å². The monoisotopic (exact) mass is 359 g/mol. The molecule has 3 rings (SSSR count). The molecule has 6 nitrogen and oxygen atoms in total. The van der Waals surface area contributed by atoms with E-state index in [2.05, 4.69) is 26.1 Å². The molecule has 1 aliphatic heterocycles. The Bertz CT molecular complexity index is 705. The van der Waals surface area contributed by atoms with Crippen LogP contribution in [0.3, 0.4) is 0 Å². The topological polar surface area (TPSA) is 81.8 Å². The number of benzene rings is 1. The lowest BCUT2D eigenvalue weighted by Gasteiger charge is -2.13. The average Bonchev–Trinajstić information content (AvgIpc) is 3.22. The van der Waals surface area contributed by atoms with Gasteiger partial charge in [0.15, 0.2) is 0 Å². The Balaban J connectivity index is 1.57. The smallest absolute Gasteiger partial charge is 0.319 e. The van der Waals surface area contributed by atoms with Gasteiger partial charge in [0.25, 0.3) is 0 Å². The molecule has 1 atom stereocenters. The molecule has 1 aromatic heterocycles. The summed E-state index contributed by atoms with van der Waals surface area (Å²) in [5.74, 6) is 0. The number of amides is 2. The molecule has 25 heavy (non-hydrogen) atoms. The summed E-state index contributed by atoms with van der Waals surface area (Å²) < 4.78 is 0. The zero-order valence-corrected chi connectivity index (χ0v) is 15.5. The zero-order chi connectivity index (χ0) is 17.6. The maximum atomic E-state index is 12.2. The second kappa shape index (κ2) is 8.40. The van der Waals surface area contributed by atoms with Gasteiger partial charge in [0, 0.05) is 23.2 Å². The number of aromatic nitrogens is 2. The van der Waals surface area contributed by atoms with Crippen LogP contribution in [0.1, 0.15) is 30.7 Å². The number of rotatable bonds is 6. The van der Waals surface area contributed by atoms with Crippen LogP contribution in [0.5, 0.6) is 0 Å².